The second-order valence-electron chi connectivity index (χ2n) is 6.27. The zero-order valence-corrected chi connectivity index (χ0v) is 13.2. The average molecular weight is 331 g/mol. The fraction of sp³-hybridized carbons (Fsp3) is 0.500. The van der Waals surface area contributed by atoms with E-state index in [0.29, 0.717) is 34.8 Å². The van der Waals surface area contributed by atoms with Gasteiger partial charge >= 0.3 is 5.97 Å². The van der Waals surface area contributed by atoms with Crippen molar-refractivity contribution in [3.8, 4) is 0 Å². The number of aliphatic carboxylic acids is 1. The Kier molecular flexibility index (Phi) is 3.49. The van der Waals surface area contributed by atoms with Gasteiger partial charge in [-0.3, -0.25) is 4.79 Å². The molecule has 1 saturated heterocycles. The summed E-state index contributed by atoms with van der Waals surface area (Å²) in [4.78, 5) is 30.1. The van der Waals surface area contributed by atoms with E-state index in [1.54, 1.807) is 13.0 Å². The summed E-state index contributed by atoms with van der Waals surface area (Å²) in [5, 5.41) is 13.6. The van der Waals surface area contributed by atoms with E-state index >= 15 is 0 Å². The maximum Gasteiger partial charge on any atom is 0.334 e. The predicted octanol–water partition coefficient (Wildman–Crippen LogP) is 1.33. The van der Waals surface area contributed by atoms with Crippen molar-refractivity contribution in [1.29, 1.82) is 0 Å². The second-order valence-corrected chi connectivity index (χ2v) is 6.27. The first-order valence-electron chi connectivity index (χ1n) is 7.95. The van der Waals surface area contributed by atoms with E-state index in [-0.39, 0.29) is 19.1 Å². The van der Waals surface area contributed by atoms with E-state index in [4.69, 9.17) is 14.4 Å². The highest BCUT2D eigenvalue weighted by Gasteiger charge is 2.33. The Morgan fingerprint density at radius 3 is 2.88 bits per heavy atom. The first-order valence-corrected chi connectivity index (χ1v) is 7.95. The zero-order chi connectivity index (χ0) is 16.8. The summed E-state index contributed by atoms with van der Waals surface area (Å²) in [6.07, 6.45) is 1.11. The number of carbonyl (C=O) groups excluding carboxylic acids is 1. The van der Waals surface area contributed by atoms with Crippen molar-refractivity contribution in [3.63, 3.8) is 0 Å². The molecule has 24 heavy (non-hydrogen) atoms. The first-order chi connectivity index (χ1) is 11.5. The molecule has 0 radical (unpaired) electrons. The number of rotatable bonds is 3. The minimum atomic E-state index is -1.06. The highest BCUT2D eigenvalue weighted by Crippen LogP contribution is 2.40. The molecule has 1 amide bonds. The first kappa shape index (κ1) is 15.1. The maximum atomic E-state index is 13.0. The molecule has 8 heteroatoms. The van der Waals surface area contributed by atoms with Gasteiger partial charge in [-0.2, -0.15) is 0 Å². The minimum Gasteiger partial charge on any atom is -0.479 e. The average Bonchev–Trinajstić information content (AvgIpc) is 3.37. The number of carboxylic acid groups (broad SMARTS) is 1. The number of amides is 1. The monoisotopic (exact) mass is 331 g/mol. The van der Waals surface area contributed by atoms with Crippen LogP contribution in [0.15, 0.2) is 10.6 Å². The Balaban J connectivity index is 1.73. The SMILES string of the molecule is Cc1noc2nc(C3CC3)cc(C(=O)N3CCO[C@H](C(=O)O)C3)c12. The Morgan fingerprint density at radius 2 is 2.17 bits per heavy atom. The summed E-state index contributed by atoms with van der Waals surface area (Å²) in [6, 6.07) is 1.80. The van der Waals surface area contributed by atoms with Crippen LogP contribution in [-0.4, -0.2) is 57.8 Å². The molecule has 3 heterocycles. The lowest BCUT2D eigenvalue weighted by Gasteiger charge is -2.31. The van der Waals surface area contributed by atoms with Gasteiger partial charge in [-0.25, -0.2) is 9.78 Å². The number of hydrogen-bond acceptors (Lipinski definition) is 6. The van der Waals surface area contributed by atoms with E-state index in [2.05, 4.69) is 10.1 Å². The van der Waals surface area contributed by atoms with E-state index in [1.165, 1.54) is 4.90 Å². The number of aryl methyl sites for hydroxylation is 1. The fourth-order valence-electron chi connectivity index (χ4n) is 3.02. The predicted molar refractivity (Wildman–Crippen MR) is 81.8 cm³/mol. The summed E-state index contributed by atoms with van der Waals surface area (Å²) in [5.41, 5.74) is 2.28. The number of carboxylic acids is 1. The van der Waals surface area contributed by atoms with Crippen LogP contribution in [0.1, 0.15) is 40.5 Å². The topological polar surface area (TPSA) is 106 Å². The van der Waals surface area contributed by atoms with E-state index < -0.39 is 12.1 Å². The van der Waals surface area contributed by atoms with Crippen molar-refractivity contribution in [3.05, 3.63) is 23.0 Å². The molecule has 8 nitrogen and oxygen atoms in total. The van der Waals surface area contributed by atoms with Gasteiger partial charge in [0.2, 0.25) is 0 Å². The van der Waals surface area contributed by atoms with Gasteiger partial charge in [-0.05, 0) is 25.8 Å². The summed E-state index contributed by atoms with van der Waals surface area (Å²) in [6.45, 7) is 2.35. The largest absolute Gasteiger partial charge is 0.479 e. The molecule has 0 bridgehead atoms. The number of fused-ring (bicyclic) bond motifs is 1. The van der Waals surface area contributed by atoms with Crippen LogP contribution in [0, 0.1) is 6.92 Å². The van der Waals surface area contributed by atoms with Crippen LogP contribution in [-0.2, 0) is 9.53 Å². The molecular weight excluding hydrogens is 314 g/mol. The molecule has 4 rings (SSSR count). The van der Waals surface area contributed by atoms with E-state index in [0.717, 1.165) is 18.5 Å². The van der Waals surface area contributed by atoms with E-state index in [1.807, 2.05) is 0 Å². The molecule has 1 atom stereocenters. The quantitative estimate of drug-likeness (QED) is 0.904. The second kappa shape index (κ2) is 5.55. The normalized spacial score (nSPS) is 21.2. The molecule has 1 aliphatic heterocycles. The number of carbonyl (C=O) groups is 2. The number of pyridine rings is 1. The van der Waals surface area contributed by atoms with Gasteiger partial charge in [0.15, 0.2) is 6.10 Å². The molecule has 0 aromatic carbocycles. The van der Waals surface area contributed by atoms with Crippen molar-refractivity contribution in [2.75, 3.05) is 19.7 Å². The van der Waals surface area contributed by atoms with Crippen molar-refractivity contribution < 1.29 is 24.0 Å². The molecule has 1 N–H and O–H groups in total. The van der Waals surface area contributed by atoms with Gasteiger partial charge in [0.25, 0.3) is 11.6 Å². The van der Waals surface area contributed by atoms with Crippen LogP contribution in [0.3, 0.4) is 0 Å². The van der Waals surface area contributed by atoms with Gasteiger partial charge in [0.05, 0.1) is 29.8 Å². The van der Waals surface area contributed by atoms with E-state index in [9.17, 15) is 9.59 Å². The third-order valence-electron chi connectivity index (χ3n) is 4.49. The molecular formula is C16H17N3O5. The Morgan fingerprint density at radius 1 is 1.38 bits per heavy atom. The van der Waals surface area contributed by atoms with Crippen LogP contribution in [0.4, 0.5) is 0 Å². The Labute approximate surface area is 137 Å². The number of aromatic nitrogens is 2. The molecule has 1 saturated carbocycles. The summed E-state index contributed by atoms with van der Waals surface area (Å²) in [5.74, 6) is -0.930. The highest BCUT2D eigenvalue weighted by molar-refractivity contribution is 6.06. The van der Waals surface area contributed by atoms with Gasteiger partial charge in [0, 0.05) is 18.2 Å². The lowest BCUT2D eigenvalue weighted by Crippen LogP contribution is -2.48. The number of morpholine rings is 1. The van der Waals surface area contributed by atoms with Crippen LogP contribution < -0.4 is 0 Å². The number of hydrogen-bond donors (Lipinski definition) is 1. The summed E-state index contributed by atoms with van der Waals surface area (Å²) in [7, 11) is 0. The standard InChI is InChI=1S/C16H17N3O5/c1-8-13-10(6-11(9-2-3-9)17-14(13)24-18-8)15(20)19-4-5-23-12(7-19)16(21)22/h6,9,12H,2-5,7H2,1H3,(H,21,22)/t12-/m0/s1. The van der Waals surface area contributed by atoms with Gasteiger partial charge in [0.1, 0.15) is 0 Å². The van der Waals surface area contributed by atoms with Crippen LogP contribution >= 0.6 is 0 Å². The lowest BCUT2D eigenvalue weighted by molar-refractivity contribution is -0.154. The summed E-state index contributed by atoms with van der Waals surface area (Å²) < 4.78 is 10.4. The van der Waals surface area contributed by atoms with Crippen molar-refractivity contribution >= 4 is 23.0 Å². The van der Waals surface area contributed by atoms with Gasteiger partial charge < -0.3 is 19.3 Å². The smallest absolute Gasteiger partial charge is 0.334 e. The molecule has 2 aromatic heterocycles. The van der Waals surface area contributed by atoms with Crippen LogP contribution in [0.5, 0.6) is 0 Å². The van der Waals surface area contributed by atoms with Crippen LogP contribution in [0.25, 0.3) is 11.1 Å². The molecule has 2 fully saturated rings. The van der Waals surface area contributed by atoms with Gasteiger partial charge in [-0.1, -0.05) is 5.16 Å². The van der Waals surface area contributed by atoms with Crippen molar-refractivity contribution in [2.45, 2.75) is 31.8 Å². The fourth-order valence-corrected chi connectivity index (χ4v) is 3.02. The summed E-state index contributed by atoms with van der Waals surface area (Å²) >= 11 is 0. The third-order valence-corrected chi connectivity index (χ3v) is 4.49. The van der Waals surface area contributed by atoms with Crippen LogP contribution in [0.2, 0.25) is 0 Å². The maximum absolute atomic E-state index is 13.0. The number of nitrogens with zero attached hydrogens (tertiary/aromatic N) is 3. The zero-order valence-electron chi connectivity index (χ0n) is 13.2. The molecule has 1 aliphatic carbocycles. The molecule has 126 valence electrons. The molecule has 2 aliphatic rings. The molecule has 0 unspecified atom stereocenters. The Bertz CT molecular complexity index is 826. The van der Waals surface area contributed by atoms with Gasteiger partial charge in [-0.15, -0.1) is 0 Å². The highest BCUT2D eigenvalue weighted by atomic mass is 16.5. The molecule has 2 aromatic rings. The van der Waals surface area contributed by atoms with Crippen molar-refractivity contribution in [2.24, 2.45) is 0 Å². The molecule has 0 spiro atoms. The number of ether oxygens (including phenoxy) is 1. The minimum absolute atomic E-state index is 0.0288. The Hall–Kier alpha value is -2.48. The lowest BCUT2D eigenvalue weighted by atomic mass is 10.1. The van der Waals surface area contributed by atoms with Crippen molar-refractivity contribution in [1.82, 2.24) is 15.0 Å². The third kappa shape index (κ3) is 2.52.